The van der Waals surface area contributed by atoms with Gasteiger partial charge in [0, 0.05) is 6.92 Å². The number of rotatable bonds is 1. The van der Waals surface area contributed by atoms with E-state index >= 15 is 0 Å². The molecule has 3 unspecified atom stereocenters. The molecule has 1 rings (SSSR count). The SMILES string of the molecule is CC(=O)OC1C(C)=CCC(C)C1C. The molecule has 2 nitrogen and oxygen atoms in total. The Morgan fingerprint density at radius 3 is 2.69 bits per heavy atom. The van der Waals surface area contributed by atoms with Gasteiger partial charge in [-0.2, -0.15) is 0 Å². The first-order valence-electron chi connectivity index (χ1n) is 4.86. The lowest BCUT2D eigenvalue weighted by Gasteiger charge is -2.32. The lowest BCUT2D eigenvalue weighted by atomic mass is 9.80. The van der Waals surface area contributed by atoms with Crippen molar-refractivity contribution >= 4 is 5.97 Å². The van der Waals surface area contributed by atoms with E-state index in [-0.39, 0.29) is 12.1 Å². The second kappa shape index (κ2) is 3.95. The lowest BCUT2D eigenvalue weighted by Crippen LogP contribution is -2.32. The molecule has 0 aromatic carbocycles. The van der Waals surface area contributed by atoms with Gasteiger partial charge >= 0.3 is 5.97 Å². The average molecular weight is 182 g/mol. The smallest absolute Gasteiger partial charge is 0.303 e. The third-order valence-corrected chi connectivity index (χ3v) is 2.93. The van der Waals surface area contributed by atoms with E-state index in [1.54, 1.807) is 0 Å². The van der Waals surface area contributed by atoms with Gasteiger partial charge in [0.15, 0.2) is 0 Å². The first-order chi connectivity index (χ1) is 6.02. The predicted molar refractivity (Wildman–Crippen MR) is 52.3 cm³/mol. The maximum Gasteiger partial charge on any atom is 0.303 e. The zero-order valence-electron chi connectivity index (χ0n) is 8.83. The molecule has 0 aliphatic heterocycles. The minimum absolute atomic E-state index is 0.00116. The van der Waals surface area contributed by atoms with E-state index in [1.165, 1.54) is 12.5 Å². The number of hydrogen-bond donors (Lipinski definition) is 0. The zero-order valence-corrected chi connectivity index (χ0v) is 8.83. The highest BCUT2D eigenvalue weighted by atomic mass is 16.5. The Labute approximate surface area is 80.0 Å². The molecule has 1 aliphatic rings. The fourth-order valence-corrected chi connectivity index (χ4v) is 1.79. The highest BCUT2D eigenvalue weighted by Gasteiger charge is 2.29. The van der Waals surface area contributed by atoms with Crippen LogP contribution in [0.4, 0.5) is 0 Å². The van der Waals surface area contributed by atoms with Crippen LogP contribution in [-0.4, -0.2) is 12.1 Å². The second-order valence-corrected chi connectivity index (χ2v) is 4.05. The van der Waals surface area contributed by atoms with Crippen molar-refractivity contribution in [2.24, 2.45) is 11.8 Å². The summed E-state index contributed by atoms with van der Waals surface area (Å²) in [4.78, 5) is 10.9. The Hall–Kier alpha value is -0.790. The first kappa shape index (κ1) is 10.3. The summed E-state index contributed by atoms with van der Waals surface area (Å²) in [5.74, 6) is 0.862. The molecule has 13 heavy (non-hydrogen) atoms. The molecular weight excluding hydrogens is 164 g/mol. The Morgan fingerprint density at radius 1 is 1.54 bits per heavy atom. The molecule has 2 heteroatoms. The van der Waals surface area contributed by atoms with Crippen molar-refractivity contribution in [2.75, 3.05) is 0 Å². The van der Waals surface area contributed by atoms with E-state index < -0.39 is 0 Å². The standard InChI is InChI=1S/C11H18O2/c1-7-5-6-8(2)11(9(7)3)13-10(4)12/h6-7,9,11H,5H2,1-4H3. The molecular formula is C11H18O2. The molecule has 0 aromatic rings. The van der Waals surface area contributed by atoms with Crippen molar-refractivity contribution in [3.05, 3.63) is 11.6 Å². The van der Waals surface area contributed by atoms with Crippen LogP contribution in [0, 0.1) is 11.8 Å². The number of esters is 1. The van der Waals surface area contributed by atoms with Crippen molar-refractivity contribution in [3.63, 3.8) is 0 Å². The van der Waals surface area contributed by atoms with Crippen LogP contribution in [0.15, 0.2) is 11.6 Å². The van der Waals surface area contributed by atoms with Crippen LogP contribution in [0.1, 0.15) is 34.1 Å². The van der Waals surface area contributed by atoms with Gasteiger partial charge in [0.05, 0.1) is 0 Å². The molecule has 0 heterocycles. The maximum atomic E-state index is 10.9. The molecule has 0 amide bonds. The van der Waals surface area contributed by atoms with Crippen LogP contribution in [0.5, 0.6) is 0 Å². The molecule has 0 saturated heterocycles. The highest BCUT2D eigenvalue weighted by molar-refractivity contribution is 5.66. The van der Waals surface area contributed by atoms with Crippen molar-refractivity contribution < 1.29 is 9.53 Å². The number of allylic oxidation sites excluding steroid dienone is 1. The molecule has 3 atom stereocenters. The minimum Gasteiger partial charge on any atom is -0.458 e. The number of carbonyl (C=O) groups is 1. The minimum atomic E-state index is -0.182. The Bertz CT molecular complexity index is 230. The number of carbonyl (C=O) groups excluding carboxylic acids is 1. The fraction of sp³-hybridized carbons (Fsp3) is 0.727. The van der Waals surface area contributed by atoms with Gasteiger partial charge in [0.1, 0.15) is 6.10 Å². The molecule has 0 saturated carbocycles. The third kappa shape index (κ3) is 2.33. The largest absolute Gasteiger partial charge is 0.458 e. The topological polar surface area (TPSA) is 26.3 Å². The molecule has 0 spiro atoms. The van der Waals surface area contributed by atoms with Gasteiger partial charge in [-0.3, -0.25) is 4.79 Å². The van der Waals surface area contributed by atoms with Crippen LogP contribution in [0.3, 0.4) is 0 Å². The van der Waals surface area contributed by atoms with E-state index in [0.717, 1.165) is 6.42 Å². The van der Waals surface area contributed by atoms with Crippen molar-refractivity contribution in [1.82, 2.24) is 0 Å². The van der Waals surface area contributed by atoms with Gasteiger partial charge in [0.2, 0.25) is 0 Å². The summed E-state index contributed by atoms with van der Waals surface area (Å²) in [5, 5.41) is 0. The summed E-state index contributed by atoms with van der Waals surface area (Å²) in [7, 11) is 0. The summed E-state index contributed by atoms with van der Waals surface area (Å²) in [6.45, 7) is 7.86. The summed E-state index contributed by atoms with van der Waals surface area (Å²) in [6, 6.07) is 0. The van der Waals surface area contributed by atoms with E-state index in [1.807, 2.05) is 6.92 Å². The van der Waals surface area contributed by atoms with E-state index in [0.29, 0.717) is 11.8 Å². The van der Waals surface area contributed by atoms with Crippen LogP contribution >= 0.6 is 0 Å². The van der Waals surface area contributed by atoms with E-state index in [9.17, 15) is 4.79 Å². The fourth-order valence-electron chi connectivity index (χ4n) is 1.79. The van der Waals surface area contributed by atoms with Crippen LogP contribution in [0.2, 0.25) is 0 Å². The number of ether oxygens (including phenoxy) is 1. The van der Waals surface area contributed by atoms with Gasteiger partial charge < -0.3 is 4.74 Å². The summed E-state index contributed by atoms with van der Waals surface area (Å²) in [6.07, 6.45) is 3.28. The molecule has 0 bridgehead atoms. The van der Waals surface area contributed by atoms with Crippen molar-refractivity contribution in [1.29, 1.82) is 0 Å². The zero-order chi connectivity index (χ0) is 10.0. The molecule has 74 valence electrons. The highest BCUT2D eigenvalue weighted by Crippen LogP contribution is 2.31. The normalized spacial score (nSPS) is 33.8. The van der Waals surface area contributed by atoms with Gasteiger partial charge in [-0.15, -0.1) is 0 Å². The van der Waals surface area contributed by atoms with Gasteiger partial charge in [0.25, 0.3) is 0 Å². The molecule has 0 aromatic heterocycles. The molecule has 0 fully saturated rings. The Morgan fingerprint density at radius 2 is 2.15 bits per heavy atom. The van der Waals surface area contributed by atoms with Crippen LogP contribution in [-0.2, 0) is 9.53 Å². The summed E-state index contributed by atoms with van der Waals surface area (Å²) >= 11 is 0. The average Bonchev–Trinajstić information content (AvgIpc) is 2.05. The monoisotopic (exact) mass is 182 g/mol. The third-order valence-electron chi connectivity index (χ3n) is 2.93. The van der Waals surface area contributed by atoms with E-state index in [2.05, 4.69) is 19.9 Å². The van der Waals surface area contributed by atoms with Crippen molar-refractivity contribution in [3.8, 4) is 0 Å². The molecule has 0 N–H and O–H groups in total. The quantitative estimate of drug-likeness (QED) is 0.460. The predicted octanol–water partition coefficient (Wildman–Crippen LogP) is 2.54. The lowest BCUT2D eigenvalue weighted by molar-refractivity contribution is -0.147. The maximum absolute atomic E-state index is 10.9. The number of hydrogen-bond acceptors (Lipinski definition) is 2. The van der Waals surface area contributed by atoms with Crippen molar-refractivity contribution in [2.45, 2.75) is 40.2 Å². The Kier molecular flexibility index (Phi) is 3.12. The van der Waals surface area contributed by atoms with Gasteiger partial charge in [-0.1, -0.05) is 19.9 Å². The second-order valence-electron chi connectivity index (χ2n) is 4.05. The van der Waals surface area contributed by atoms with Crippen LogP contribution in [0.25, 0.3) is 0 Å². The molecule has 0 radical (unpaired) electrons. The summed E-state index contributed by atoms with van der Waals surface area (Å²) in [5.41, 5.74) is 1.20. The van der Waals surface area contributed by atoms with Crippen LogP contribution < -0.4 is 0 Å². The first-order valence-corrected chi connectivity index (χ1v) is 4.86. The van der Waals surface area contributed by atoms with Gasteiger partial charge in [-0.25, -0.2) is 0 Å². The Balaban J connectivity index is 2.73. The van der Waals surface area contributed by atoms with Gasteiger partial charge in [-0.05, 0) is 30.8 Å². The molecule has 1 aliphatic carbocycles. The summed E-state index contributed by atoms with van der Waals surface area (Å²) < 4.78 is 5.28. The van der Waals surface area contributed by atoms with E-state index in [4.69, 9.17) is 4.74 Å².